The fourth-order valence-corrected chi connectivity index (χ4v) is 2.04. The number of carbonyl (C=O) groups is 1. The van der Waals surface area contributed by atoms with Gasteiger partial charge in [0.05, 0.1) is 11.4 Å². The Bertz CT molecular complexity index is 797. The summed E-state index contributed by atoms with van der Waals surface area (Å²) in [6, 6.07) is 11.5. The fourth-order valence-electron chi connectivity index (χ4n) is 2.04. The number of rotatable bonds is 3. The molecule has 0 saturated heterocycles. The Kier molecular flexibility index (Phi) is 3.12. The highest BCUT2D eigenvalue weighted by molar-refractivity contribution is 5.87. The van der Waals surface area contributed by atoms with E-state index in [1.54, 1.807) is 36.7 Å². The summed E-state index contributed by atoms with van der Waals surface area (Å²) in [5, 5.41) is 22.8. The molecule has 0 aliphatic heterocycles. The first kappa shape index (κ1) is 12.9. The van der Waals surface area contributed by atoms with Gasteiger partial charge in [0.25, 0.3) is 0 Å². The lowest BCUT2D eigenvalue weighted by Crippen LogP contribution is -2.02. The molecule has 3 rings (SSSR count). The normalized spacial score (nSPS) is 10.5. The van der Waals surface area contributed by atoms with Crippen LogP contribution in [0.25, 0.3) is 16.9 Å². The second-order valence-electron chi connectivity index (χ2n) is 4.39. The molecule has 0 saturated carbocycles. The van der Waals surface area contributed by atoms with Gasteiger partial charge in [-0.15, -0.1) is 0 Å². The maximum Gasteiger partial charge on any atom is 0.356 e. The maximum atomic E-state index is 11.2. The van der Waals surface area contributed by atoms with Gasteiger partial charge in [-0.05, 0) is 30.3 Å². The Morgan fingerprint density at radius 2 is 1.86 bits per heavy atom. The van der Waals surface area contributed by atoms with Crippen LogP contribution >= 0.6 is 0 Å². The lowest BCUT2D eigenvalue weighted by Gasteiger charge is -2.07. The predicted octanol–water partition coefficient (Wildman–Crippen LogP) is 2.34. The van der Waals surface area contributed by atoms with Crippen LogP contribution in [0.4, 0.5) is 0 Å². The van der Waals surface area contributed by atoms with Gasteiger partial charge in [0.15, 0.2) is 5.69 Å². The zero-order valence-electron chi connectivity index (χ0n) is 10.8. The van der Waals surface area contributed by atoms with E-state index < -0.39 is 5.97 Å². The third-order valence-electron chi connectivity index (χ3n) is 2.98. The maximum absolute atomic E-state index is 11.2. The summed E-state index contributed by atoms with van der Waals surface area (Å²) in [4.78, 5) is 15.1. The lowest BCUT2D eigenvalue weighted by atomic mass is 10.2. The van der Waals surface area contributed by atoms with E-state index in [1.807, 2.05) is 0 Å². The molecule has 0 spiro atoms. The SMILES string of the molecule is O=C(O)c1cc(-c2ccncc2)n(-c2cccc(O)c2)n1. The molecular weight excluding hydrogens is 270 g/mol. The topological polar surface area (TPSA) is 88.2 Å². The van der Waals surface area contributed by atoms with Crippen molar-refractivity contribution in [3.63, 3.8) is 0 Å². The second-order valence-corrected chi connectivity index (χ2v) is 4.39. The van der Waals surface area contributed by atoms with Crippen molar-refractivity contribution >= 4 is 5.97 Å². The molecule has 1 aromatic carbocycles. The first-order chi connectivity index (χ1) is 10.1. The van der Waals surface area contributed by atoms with E-state index in [1.165, 1.54) is 22.9 Å². The van der Waals surface area contributed by atoms with Gasteiger partial charge >= 0.3 is 5.97 Å². The number of hydrogen-bond donors (Lipinski definition) is 2. The summed E-state index contributed by atoms with van der Waals surface area (Å²) in [6.45, 7) is 0. The molecule has 0 amide bonds. The van der Waals surface area contributed by atoms with E-state index in [9.17, 15) is 9.90 Å². The van der Waals surface area contributed by atoms with Gasteiger partial charge in [0, 0.05) is 24.0 Å². The van der Waals surface area contributed by atoms with Crippen molar-refractivity contribution in [2.45, 2.75) is 0 Å². The van der Waals surface area contributed by atoms with Crippen LogP contribution in [0.5, 0.6) is 5.75 Å². The van der Waals surface area contributed by atoms with Gasteiger partial charge in [0.2, 0.25) is 0 Å². The first-order valence-corrected chi connectivity index (χ1v) is 6.18. The van der Waals surface area contributed by atoms with Crippen LogP contribution in [0, 0.1) is 0 Å². The quantitative estimate of drug-likeness (QED) is 0.769. The number of nitrogens with zero attached hydrogens (tertiary/aromatic N) is 3. The molecule has 0 fully saturated rings. The van der Waals surface area contributed by atoms with Crippen molar-refractivity contribution in [3.05, 3.63) is 60.6 Å². The molecule has 0 aliphatic carbocycles. The number of aromatic hydroxyl groups is 1. The number of pyridine rings is 1. The van der Waals surface area contributed by atoms with Crippen LogP contribution < -0.4 is 0 Å². The van der Waals surface area contributed by atoms with Crippen LogP contribution in [-0.2, 0) is 0 Å². The van der Waals surface area contributed by atoms with Crippen molar-refractivity contribution in [1.29, 1.82) is 0 Å². The molecule has 6 heteroatoms. The van der Waals surface area contributed by atoms with E-state index in [0.717, 1.165) is 5.56 Å². The number of carboxylic acid groups (broad SMARTS) is 1. The minimum Gasteiger partial charge on any atom is -0.508 e. The molecule has 3 aromatic rings. The predicted molar refractivity (Wildman–Crippen MR) is 75.4 cm³/mol. The number of aromatic carboxylic acids is 1. The Hall–Kier alpha value is -3.15. The van der Waals surface area contributed by atoms with Crippen molar-refractivity contribution in [1.82, 2.24) is 14.8 Å². The zero-order valence-corrected chi connectivity index (χ0v) is 10.8. The van der Waals surface area contributed by atoms with Gasteiger partial charge in [-0.25, -0.2) is 9.48 Å². The van der Waals surface area contributed by atoms with E-state index in [0.29, 0.717) is 11.4 Å². The van der Waals surface area contributed by atoms with Crippen molar-refractivity contribution in [2.75, 3.05) is 0 Å². The van der Waals surface area contributed by atoms with Crippen LogP contribution in [0.1, 0.15) is 10.5 Å². The molecule has 2 N–H and O–H groups in total. The third kappa shape index (κ3) is 2.46. The Morgan fingerprint density at radius 1 is 1.10 bits per heavy atom. The molecule has 0 unspecified atom stereocenters. The van der Waals surface area contributed by atoms with Gasteiger partial charge in [-0.3, -0.25) is 4.98 Å². The van der Waals surface area contributed by atoms with Gasteiger partial charge in [-0.2, -0.15) is 5.10 Å². The third-order valence-corrected chi connectivity index (χ3v) is 2.98. The highest BCUT2D eigenvalue weighted by Crippen LogP contribution is 2.25. The standard InChI is InChI=1S/C15H11N3O3/c19-12-3-1-2-11(8-12)18-14(9-13(17-18)15(20)21)10-4-6-16-7-5-10/h1-9,19H,(H,20,21). The monoisotopic (exact) mass is 281 g/mol. The number of hydrogen-bond acceptors (Lipinski definition) is 4. The first-order valence-electron chi connectivity index (χ1n) is 6.18. The summed E-state index contributed by atoms with van der Waals surface area (Å²) < 4.78 is 1.48. The summed E-state index contributed by atoms with van der Waals surface area (Å²) in [6.07, 6.45) is 3.24. The van der Waals surface area contributed by atoms with Crippen LogP contribution in [0.2, 0.25) is 0 Å². The smallest absolute Gasteiger partial charge is 0.356 e. The highest BCUT2D eigenvalue weighted by Gasteiger charge is 2.16. The highest BCUT2D eigenvalue weighted by atomic mass is 16.4. The van der Waals surface area contributed by atoms with E-state index in [4.69, 9.17) is 5.11 Å². The van der Waals surface area contributed by atoms with E-state index >= 15 is 0 Å². The molecule has 0 bridgehead atoms. The van der Waals surface area contributed by atoms with Crippen molar-refractivity contribution < 1.29 is 15.0 Å². The van der Waals surface area contributed by atoms with E-state index in [-0.39, 0.29) is 11.4 Å². The van der Waals surface area contributed by atoms with Crippen LogP contribution in [0.3, 0.4) is 0 Å². The number of aromatic nitrogens is 3. The molecule has 6 nitrogen and oxygen atoms in total. The molecule has 0 aliphatic rings. The average molecular weight is 281 g/mol. The summed E-state index contributed by atoms with van der Waals surface area (Å²) in [7, 11) is 0. The van der Waals surface area contributed by atoms with Crippen LogP contribution in [-0.4, -0.2) is 30.9 Å². The molecular formula is C15H11N3O3. The molecule has 2 heterocycles. The summed E-state index contributed by atoms with van der Waals surface area (Å²) in [5.74, 6) is -1.02. The largest absolute Gasteiger partial charge is 0.508 e. The summed E-state index contributed by atoms with van der Waals surface area (Å²) in [5.41, 5.74) is 1.91. The molecule has 2 aromatic heterocycles. The van der Waals surface area contributed by atoms with Gasteiger partial charge < -0.3 is 10.2 Å². The zero-order chi connectivity index (χ0) is 14.8. The number of benzene rings is 1. The molecule has 104 valence electrons. The Labute approximate surface area is 119 Å². The molecule has 0 radical (unpaired) electrons. The van der Waals surface area contributed by atoms with Gasteiger partial charge in [-0.1, -0.05) is 6.07 Å². The molecule has 21 heavy (non-hydrogen) atoms. The minimum atomic E-state index is -1.11. The van der Waals surface area contributed by atoms with Gasteiger partial charge in [0.1, 0.15) is 5.75 Å². The molecule has 0 atom stereocenters. The average Bonchev–Trinajstić information content (AvgIpc) is 2.93. The van der Waals surface area contributed by atoms with Crippen molar-refractivity contribution in [2.24, 2.45) is 0 Å². The minimum absolute atomic E-state index is 0.0647. The Morgan fingerprint density at radius 3 is 2.52 bits per heavy atom. The number of phenolic OH excluding ortho intramolecular Hbond substituents is 1. The Balaban J connectivity index is 2.21. The number of carboxylic acids is 1. The lowest BCUT2D eigenvalue weighted by molar-refractivity contribution is 0.0690. The van der Waals surface area contributed by atoms with Crippen LogP contribution in [0.15, 0.2) is 54.9 Å². The summed E-state index contributed by atoms with van der Waals surface area (Å²) >= 11 is 0. The van der Waals surface area contributed by atoms with Crippen molar-refractivity contribution in [3.8, 4) is 22.7 Å². The number of phenols is 1. The fraction of sp³-hybridized carbons (Fsp3) is 0. The second kappa shape index (κ2) is 5.09. The van der Waals surface area contributed by atoms with E-state index in [2.05, 4.69) is 10.1 Å².